The van der Waals surface area contributed by atoms with Crippen LogP contribution in [0.5, 0.6) is 11.5 Å². The van der Waals surface area contributed by atoms with E-state index in [1.54, 1.807) is 0 Å². The third kappa shape index (κ3) is 14.2. The summed E-state index contributed by atoms with van der Waals surface area (Å²) >= 11 is 0. The maximum Gasteiger partial charge on any atom is 2.00 e. The van der Waals surface area contributed by atoms with Crippen LogP contribution in [-0.4, -0.2) is 46.7 Å². The number of benzene rings is 2. The van der Waals surface area contributed by atoms with E-state index in [4.69, 9.17) is 29.8 Å². The molecule has 0 aromatic heterocycles. The van der Waals surface area contributed by atoms with Crippen molar-refractivity contribution in [2.24, 2.45) is 9.98 Å². The summed E-state index contributed by atoms with van der Waals surface area (Å²) in [4.78, 5) is 27.5. The molecule has 1 radical (unpaired) electrons. The molecule has 1 fully saturated rings. The Morgan fingerprint density at radius 1 is 0.791 bits per heavy atom. The van der Waals surface area contributed by atoms with Gasteiger partial charge in [-0.2, -0.15) is 0 Å². The molecule has 239 valence electrons. The van der Waals surface area contributed by atoms with E-state index >= 15 is 0 Å². The molecule has 2 aromatic carbocycles. The van der Waals surface area contributed by atoms with Crippen LogP contribution in [0.1, 0.15) is 126 Å². The monoisotopic (exact) mass is 639 g/mol. The quantitative estimate of drug-likeness (QED) is 0.396. The van der Waals surface area contributed by atoms with Crippen molar-refractivity contribution in [2.75, 3.05) is 0 Å². The Kier molecular flexibility index (Phi) is 18.4. The molecule has 2 aromatic rings. The number of aliphatic imine (C=N–C) groups is 2. The Hall–Kier alpha value is -3.17. The number of hydrogen-bond donors (Lipinski definition) is 2. The van der Waals surface area contributed by atoms with E-state index in [-0.39, 0.29) is 40.7 Å². The van der Waals surface area contributed by atoms with Crippen LogP contribution >= 0.6 is 0 Å². The fourth-order valence-electron chi connectivity index (χ4n) is 4.76. The van der Waals surface area contributed by atoms with Gasteiger partial charge in [0.25, 0.3) is 0 Å². The molecule has 8 nitrogen and oxygen atoms in total. The van der Waals surface area contributed by atoms with Gasteiger partial charge in [0.15, 0.2) is 0 Å². The Morgan fingerprint density at radius 2 is 1.12 bits per heavy atom. The summed E-state index contributed by atoms with van der Waals surface area (Å²) in [6, 6.07) is 8.72. The Bertz CT molecular complexity index is 1140. The molecule has 1 aliphatic rings. The van der Waals surface area contributed by atoms with Gasteiger partial charge in [-0.05, 0) is 98.6 Å². The Morgan fingerprint density at radius 3 is 1.40 bits per heavy atom. The zero-order valence-corrected chi connectivity index (χ0v) is 27.8. The number of hydrogen-bond acceptors (Lipinski definition) is 8. The zero-order chi connectivity index (χ0) is 32.0. The van der Waals surface area contributed by atoms with Gasteiger partial charge in [-0.3, -0.25) is 9.98 Å². The smallest absolute Gasteiger partial charge is 0.550 e. The number of aryl methyl sites for hydroxylation is 2. The number of carbonyl (C=O) groups excluding carboxylic acids is 2. The fraction of sp³-hybridized carbons (Fsp3) is 0.529. The third-order valence-electron chi connectivity index (χ3n) is 6.99. The van der Waals surface area contributed by atoms with E-state index in [1.807, 2.05) is 12.4 Å². The molecule has 2 atom stereocenters. The minimum atomic E-state index is -1.08. The molecule has 2 N–H and O–H groups in total. The van der Waals surface area contributed by atoms with Crippen LogP contribution < -0.4 is 10.2 Å². The van der Waals surface area contributed by atoms with Crippen LogP contribution in [0.4, 0.5) is 0 Å². The second-order valence-corrected chi connectivity index (χ2v) is 11.3. The van der Waals surface area contributed by atoms with Crippen molar-refractivity contribution < 1.29 is 46.8 Å². The van der Waals surface area contributed by atoms with Gasteiger partial charge in [0, 0.05) is 35.5 Å². The number of carbonyl (C=O) groups is 2. The maximum atomic E-state index is 10.8. The van der Waals surface area contributed by atoms with Crippen LogP contribution in [0.25, 0.3) is 0 Å². The summed E-state index contributed by atoms with van der Waals surface area (Å²) < 4.78 is 0. The van der Waals surface area contributed by atoms with Crippen molar-refractivity contribution in [2.45, 2.75) is 118 Å². The average Bonchev–Trinajstić information content (AvgIpc) is 2.91. The first-order chi connectivity index (χ1) is 19.7. The summed E-state index contributed by atoms with van der Waals surface area (Å²) in [5.74, 6) is -0.918. The van der Waals surface area contributed by atoms with Crippen molar-refractivity contribution in [3.63, 3.8) is 0 Å². The van der Waals surface area contributed by atoms with Crippen molar-refractivity contribution in [1.82, 2.24) is 0 Å². The van der Waals surface area contributed by atoms with Crippen LogP contribution in [-0.2, 0) is 39.2 Å². The van der Waals surface area contributed by atoms with Gasteiger partial charge in [0.2, 0.25) is 0 Å². The van der Waals surface area contributed by atoms with Crippen LogP contribution in [0, 0.1) is 0 Å². The molecule has 0 amide bonds. The first-order valence-electron chi connectivity index (χ1n) is 14.8. The van der Waals surface area contributed by atoms with Crippen molar-refractivity contribution >= 4 is 24.4 Å². The van der Waals surface area contributed by atoms with E-state index in [0.717, 1.165) is 74.6 Å². The number of aromatic hydroxyl groups is 2. The molecule has 0 spiro atoms. The summed E-state index contributed by atoms with van der Waals surface area (Å²) in [6.07, 6.45) is 9.66. The summed E-state index contributed by atoms with van der Waals surface area (Å²) in [6.45, 7) is 14.7. The fourth-order valence-corrected chi connectivity index (χ4v) is 4.76. The minimum Gasteiger partial charge on any atom is -0.550 e. The normalized spacial score (nSPS) is 16.3. The molecule has 0 aliphatic heterocycles. The molecule has 0 saturated heterocycles. The first-order valence-corrected chi connectivity index (χ1v) is 14.8. The van der Waals surface area contributed by atoms with Crippen molar-refractivity contribution in [3.05, 3.63) is 57.6 Å². The largest absolute Gasteiger partial charge is 2.00 e. The van der Waals surface area contributed by atoms with Crippen LogP contribution in [0.2, 0.25) is 0 Å². The average molecular weight is 640 g/mol. The van der Waals surface area contributed by atoms with Crippen molar-refractivity contribution in [1.29, 1.82) is 0 Å². The zero-order valence-electron chi connectivity index (χ0n) is 26.8. The second-order valence-electron chi connectivity index (χ2n) is 11.3. The van der Waals surface area contributed by atoms with Crippen molar-refractivity contribution in [3.8, 4) is 11.5 Å². The number of rotatable bonds is 8. The van der Waals surface area contributed by atoms with E-state index < -0.39 is 11.9 Å². The topological polar surface area (TPSA) is 145 Å². The van der Waals surface area contributed by atoms with Gasteiger partial charge in [0.05, 0.1) is 12.1 Å². The molecular weight excluding hydrogens is 591 g/mol. The van der Waals surface area contributed by atoms with Gasteiger partial charge < -0.3 is 30.0 Å². The molecule has 3 rings (SSSR count). The number of nitrogens with zero attached hydrogens (tertiary/aromatic N) is 2. The molecule has 0 heterocycles. The number of carboxylic acids is 2. The number of aliphatic carboxylic acids is 2. The van der Waals surface area contributed by atoms with Gasteiger partial charge in [-0.1, -0.05) is 53.7 Å². The van der Waals surface area contributed by atoms with E-state index in [1.165, 1.54) is 11.1 Å². The first kappa shape index (κ1) is 39.8. The number of phenols is 2. The second kappa shape index (κ2) is 19.9. The molecule has 1 aliphatic carbocycles. The molecule has 9 heteroatoms. The van der Waals surface area contributed by atoms with Gasteiger partial charge in [-0.15, -0.1) is 0 Å². The summed E-state index contributed by atoms with van der Waals surface area (Å²) in [5.41, 5.74) is 6.06. The Balaban J connectivity index is 0.00000174. The molecule has 43 heavy (non-hydrogen) atoms. The molecular formula is C34H48CoN2O6. The van der Waals surface area contributed by atoms with E-state index in [2.05, 4.69) is 65.8 Å². The van der Waals surface area contributed by atoms with Gasteiger partial charge in [-0.25, -0.2) is 0 Å². The minimum absolute atomic E-state index is 0. The standard InChI is InChI=1S/C30H42N2O2.2C2H4O2.Co/c1-7-21-12-23(29(33)27(14-21)19(3)4)17-31-25-10-9-11-26(16-25)32-18-24-13-22(8-2)15-28(20(5)6)30(24)34;2*1-2(3)4;/h12-15,17-20,25-26,33-34H,7-11,16H2,1-6H3;2*1H3,(H,3,4);/q;;;+2/p-2. The summed E-state index contributed by atoms with van der Waals surface area (Å²) in [5, 5.41) is 39.3. The SMILES string of the molecule is CC(=O)[O-].CC(=O)[O-].CCc1cc(C=NC2CCCC(N=Cc3cc(CC)cc(C(C)C)c3O)C2)c(O)c(C(C)C)c1.[Co+2]. The maximum absolute atomic E-state index is 10.8. The predicted octanol–water partition coefficient (Wildman–Crippen LogP) is 4.83. The predicted molar refractivity (Wildman–Crippen MR) is 166 cm³/mol. The van der Waals surface area contributed by atoms with Crippen LogP contribution in [0.15, 0.2) is 34.3 Å². The third-order valence-corrected chi connectivity index (χ3v) is 6.99. The Labute approximate surface area is 267 Å². The molecule has 1 saturated carbocycles. The van der Waals surface area contributed by atoms with Gasteiger partial charge >= 0.3 is 16.8 Å². The van der Waals surface area contributed by atoms with Gasteiger partial charge in [0.1, 0.15) is 11.5 Å². The summed E-state index contributed by atoms with van der Waals surface area (Å²) in [7, 11) is 0. The molecule has 2 unspecified atom stereocenters. The van der Waals surface area contributed by atoms with E-state index in [0.29, 0.717) is 11.5 Å². The number of carboxylic acid groups (broad SMARTS) is 2. The number of phenolic OH excluding ortho intramolecular Hbond substituents is 2. The van der Waals surface area contributed by atoms with E-state index in [9.17, 15) is 10.2 Å². The van der Waals surface area contributed by atoms with Crippen LogP contribution in [0.3, 0.4) is 0 Å². The molecule has 0 bridgehead atoms.